The maximum Gasteiger partial charge on any atom is 0.104 e. The Kier molecular flexibility index (Phi) is 5.73. The lowest BCUT2D eigenvalue weighted by Gasteiger charge is -2.18. The number of fused-ring (bicyclic) bond motifs is 6. The lowest BCUT2D eigenvalue weighted by Crippen LogP contribution is -2.05. The van der Waals surface area contributed by atoms with E-state index in [1.54, 1.807) is 0 Å². The molecule has 0 bridgehead atoms. The number of hydrogen-bond donors (Lipinski definition) is 0. The molecule has 3 heterocycles. The van der Waals surface area contributed by atoms with Crippen LogP contribution < -0.4 is 0 Å². The summed E-state index contributed by atoms with van der Waals surface area (Å²) in [6, 6.07) is 37.5. The van der Waals surface area contributed by atoms with Gasteiger partial charge >= 0.3 is 0 Å². The second-order valence-corrected chi connectivity index (χ2v) is 12.0. The van der Waals surface area contributed by atoms with Crippen molar-refractivity contribution < 1.29 is 0 Å². The maximum absolute atomic E-state index is 11.0. The van der Waals surface area contributed by atoms with Crippen molar-refractivity contribution in [3.05, 3.63) is 137 Å². The molecule has 0 saturated carbocycles. The minimum absolute atomic E-state index is 0.628. The minimum Gasteiger partial charge on any atom is -0.308 e. The lowest BCUT2D eigenvalue weighted by molar-refractivity contribution is 1.12. The van der Waals surface area contributed by atoms with E-state index in [9.17, 15) is 5.26 Å². The van der Waals surface area contributed by atoms with E-state index in [2.05, 4.69) is 133 Å². The molecule has 0 unspecified atom stereocenters. The van der Waals surface area contributed by atoms with Crippen LogP contribution in [-0.2, 0) is 0 Å². The average Bonchev–Trinajstić information content (AvgIpc) is 3.51. The summed E-state index contributed by atoms with van der Waals surface area (Å²) in [6.07, 6.45) is 3.65. The van der Waals surface area contributed by atoms with Crippen molar-refractivity contribution >= 4 is 43.6 Å². The number of nitrogens with zero attached hydrogens (tertiary/aromatic N) is 4. The van der Waals surface area contributed by atoms with Crippen molar-refractivity contribution in [1.29, 1.82) is 5.26 Å². The van der Waals surface area contributed by atoms with Gasteiger partial charge in [-0.1, -0.05) is 46.5 Å². The van der Waals surface area contributed by atoms with Gasteiger partial charge in [-0.05, 0) is 112 Å². The molecule has 4 heteroatoms. The first kappa shape index (κ1) is 26.0. The van der Waals surface area contributed by atoms with Crippen LogP contribution in [0.4, 0.5) is 0 Å². The highest BCUT2D eigenvalue weighted by Crippen LogP contribution is 2.40. The molecule has 0 atom stereocenters. The van der Waals surface area contributed by atoms with Gasteiger partial charge < -0.3 is 9.13 Å². The van der Waals surface area contributed by atoms with Crippen LogP contribution in [0.15, 0.2) is 109 Å². The van der Waals surface area contributed by atoms with Gasteiger partial charge in [0.1, 0.15) is 11.6 Å². The smallest absolute Gasteiger partial charge is 0.104 e. The van der Waals surface area contributed by atoms with Crippen LogP contribution in [0.1, 0.15) is 27.8 Å². The molecule has 0 spiro atoms. The van der Waals surface area contributed by atoms with Crippen LogP contribution in [0.5, 0.6) is 0 Å². The molecule has 44 heavy (non-hydrogen) atoms. The summed E-state index contributed by atoms with van der Waals surface area (Å²) in [6.45, 7) is 8.53. The number of aryl methyl sites for hydroxylation is 4. The highest BCUT2D eigenvalue weighted by Gasteiger charge is 2.22. The van der Waals surface area contributed by atoms with E-state index in [1.807, 2.05) is 24.5 Å². The van der Waals surface area contributed by atoms with Gasteiger partial charge in [0.15, 0.2) is 0 Å². The Morgan fingerprint density at radius 2 is 0.841 bits per heavy atom. The van der Waals surface area contributed by atoms with E-state index in [-0.39, 0.29) is 0 Å². The zero-order valence-electron chi connectivity index (χ0n) is 25.2. The Morgan fingerprint density at radius 3 is 1.18 bits per heavy atom. The van der Waals surface area contributed by atoms with Gasteiger partial charge in [-0.3, -0.25) is 4.98 Å². The Morgan fingerprint density at radius 1 is 0.477 bits per heavy atom. The molecular weight excluding hydrogens is 536 g/mol. The second kappa shape index (κ2) is 9.69. The van der Waals surface area contributed by atoms with E-state index >= 15 is 0 Å². The first-order valence-electron chi connectivity index (χ1n) is 14.9. The summed E-state index contributed by atoms with van der Waals surface area (Å²) in [5.41, 5.74) is 13.6. The van der Waals surface area contributed by atoms with Gasteiger partial charge in [0.2, 0.25) is 0 Å². The largest absolute Gasteiger partial charge is 0.308 e. The summed E-state index contributed by atoms with van der Waals surface area (Å²) >= 11 is 0. The third kappa shape index (κ3) is 3.87. The van der Waals surface area contributed by atoms with Crippen LogP contribution in [0.25, 0.3) is 66.1 Å². The normalized spacial score (nSPS) is 11.6. The molecule has 0 radical (unpaired) electrons. The minimum atomic E-state index is 0.628. The van der Waals surface area contributed by atoms with Crippen LogP contribution in [0, 0.1) is 39.0 Å². The van der Waals surface area contributed by atoms with Crippen LogP contribution >= 0.6 is 0 Å². The molecule has 0 amide bonds. The molecule has 0 aliphatic rings. The fraction of sp³-hybridized carbons (Fsp3) is 0.100. The number of benzene rings is 5. The van der Waals surface area contributed by atoms with Gasteiger partial charge in [-0.25, -0.2) is 0 Å². The predicted molar refractivity (Wildman–Crippen MR) is 182 cm³/mol. The van der Waals surface area contributed by atoms with E-state index < -0.39 is 0 Å². The Labute approximate surface area is 256 Å². The molecule has 5 aromatic carbocycles. The van der Waals surface area contributed by atoms with Gasteiger partial charge in [-0.2, -0.15) is 5.26 Å². The monoisotopic (exact) mass is 566 g/mol. The maximum atomic E-state index is 11.0. The lowest BCUT2D eigenvalue weighted by atomic mass is 10.0. The number of aromatic nitrogens is 3. The number of pyridine rings is 1. The number of hydrogen-bond acceptors (Lipinski definition) is 2. The molecule has 8 aromatic rings. The fourth-order valence-electron chi connectivity index (χ4n) is 6.81. The van der Waals surface area contributed by atoms with Gasteiger partial charge in [0.05, 0.1) is 33.4 Å². The van der Waals surface area contributed by atoms with Crippen molar-refractivity contribution in [1.82, 2.24) is 14.1 Å². The molecule has 4 nitrogen and oxygen atoms in total. The Bertz CT molecular complexity index is 2220. The van der Waals surface area contributed by atoms with Crippen molar-refractivity contribution in [2.24, 2.45) is 0 Å². The third-order valence-electron chi connectivity index (χ3n) is 8.86. The first-order chi connectivity index (χ1) is 21.4. The zero-order chi connectivity index (χ0) is 30.1. The molecule has 0 saturated heterocycles. The standard InChI is InChI=1S/C40H30N4/c1-24-5-9-35-30(17-24)31-18-25(2)6-10-36(31)43(35)39-21-29(28-13-15-42-16-14-28)22-40(34(39)23-41)44-37-11-7-26(3)19-32(37)33-20-27(4)8-12-38(33)44/h5-22H,1-4H3. The molecule has 0 aliphatic carbocycles. The van der Waals surface area contributed by atoms with E-state index in [4.69, 9.17) is 0 Å². The number of rotatable bonds is 3. The van der Waals surface area contributed by atoms with E-state index in [1.165, 1.54) is 43.8 Å². The first-order valence-corrected chi connectivity index (χ1v) is 14.9. The highest BCUT2D eigenvalue weighted by molar-refractivity contribution is 6.11. The SMILES string of the molecule is Cc1ccc2c(c1)c1cc(C)ccc1n2-c1cc(-c2ccncc2)cc(-n2c3ccc(C)cc3c3cc(C)ccc32)c1C#N. The van der Waals surface area contributed by atoms with Crippen LogP contribution in [-0.4, -0.2) is 14.1 Å². The molecule has 0 fully saturated rings. The highest BCUT2D eigenvalue weighted by atomic mass is 15.0. The quantitative estimate of drug-likeness (QED) is 0.214. The second-order valence-electron chi connectivity index (χ2n) is 12.0. The third-order valence-corrected chi connectivity index (χ3v) is 8.86. The average molecular weight is 567 g/mol. The Balaban J connectivity index is 1.57. The van der Waals surface area contributed by atoms with Gasteiger partial charge in [0.25, 0.3) is 0 Å². The van der Waals surface area contributed by atoms with Gasteiger partial charge in [-0.15, -0.1) is 0 Å². The summed E-state index contributed by atoms with van der Waals surface area (Å²) in [5, 5.41) is 15.8. The number of nitriles is 1. The molecule has 0 aliphatic heterocycles. The molecule has 8 rings (SSSR count). The van der Waals surface area contributed by atoms with E-state index in [0.717, 1.165) is 44.6 Å². The molecule has 0 N–H and O–H groups in total. The van der Waals surface area contributed by atoms with Crippen LogP contribution in [0.2, 0.25) is 0 Å². The molecular formula is C40H30N4. The van der Waals surface area contributed by atoms with Crippen molar-refractivity contribution in [3.63, 3.8) is 0 Å². The Hall–Kier alpha value is -5.66. The topological polar surface area (TPSA) is 46.5 Å². The predicted octanol–water partition coefficient (Wildman–Crippen LogP) is 10.0. The van der Waals surface area contributed by atoms with Crippen molar-refractivity contribution in [2.75, 3.05) is 0 Å². The van der Waals surface area contributed by atoms with Crippen molar-refractivity contribution in [3.8, 4) is 28.6 Å². The van der Waals surface area contributed by atoms with E-state index in [0.29, 0.717) is 5.56 Å². The zero-order valence-corrected chi connectivity index (χ0v) is 25.2. The summed E-state index contributed by atoms with van der Waals surface area (Å²) in [7, 11) is 0. The molecule has 210 valence electrons. The summed E-state index contributed by atoms with van der Waals surface area (Å²) < 4.78 is 4.55. The van der Waals surface area contributed by atoms with Crippen LogP contribution in [0.3, 0.4) is 0 Å². The van der Waals surface area contributed by atoms with Gasteiger partial charge in [0, 0.05) is 33.9 Å². The molecule has 3 aromatic heterocycles. The van der Waals surface area contributed by atoms with Crippen molar-refractivity contribution in [2.45, 2.75) is 27.7 Å². The summed E-state index contributed by atoms with van der Waals surface area (Å²) in [4.78, 5) is 4.28. The fourth-order valence-corrected chi connectivity index (χ4v) is 6.81. The summed E-state index contributed by atoms with van der Waals surface area (Å²) in [5.74, 6) is 0.